The normalized spacial score (nSPS) is 11.1. The Hall–Kier alpha value is -3.89. The highest BCUT2D eigenvalue weighted by atomic mass is 32.1. The van der Waals surface area contributed by atoms with Crippen LogP contribution in [0.15, 0.2) is 65.5 Å². The number of benzene rings is 2. The van der Waals surface area contributed by atoms with Crippen molar-refractivity contribution in [3.8, 4) is 9.88 Å². The summed E-state index contributed by atoms with van der Waals surface area (Å²) in [5.41, 5.74) is 5.61. The lowest BCUT2D eigenvalue weighted by Gasteiger charge is -2.11. The number of carbonyl (C=O) groups is 2. The van der Waals surface area contributed by atoms with E-state index in [2.05, 4.69) is 20.9 Å². The Morgan fingerprint density at radius 2 is 1.65 bits per heavy atom. The number of para-hydroxylation sites is 1. The molecule has 0 atom stereocenters. The maximum atomic E-state index is 12.9. The Balaban J connectivity index is 1.34. The zero-order valence-electron chi connectivity index (χ0n) is 18.1. The quantitative estimate of drug-likeness (QED) is 0.360. The molecule has 8 nitrogen and oxygen atoms in total. The zero-order valence-corrected chi connectivity index (χ0v) is 19.7. The predicted octanol–water partition coefficient (Wildman–Crippen LogP) is 4.22. The third kappa shape index (κ3) is 4.09. The summed E-state index contributed by atoms with van der Waals surface area (Å²) in [5, 5.41) is 5.91. The zero-order chi connectivity index (χ0) is 23.7. The predicted molar refractivity (Wildman–Crippen MR) is 134 cm³/mol. The maximum Gasteiger partial charge on any atom is 0.290 e. The van der Waals surface area contributed by atoms with Crippen LogP contribution in [-0.2, 0) is 6.54 Å². The monoisotopic (exact) mass is 489 g/mol. The number of aryl methyl sites for hydroxylation is 1. The summed E-state index contributed by atoms with van der Waals surface area (Å²) >= 11 is 2.85. The van der Waals surface area contributed by atoms with Gasteiger partial charge in [0.1, 0.15) is 5.01 Å². The van der Waals surface area contributed by atoms with E-state index in [1.807, 2.05) is 37.3 Å². The van der Waals surface area contributed by atoms with Gasteiger partial charge >= 0.3 is 0 Å². The molecule has 2 N–H and O–H groups in total. The van der Waals surface area contributed by atoms with Gasteiger partial charge in [-0.1, -0.05) is 37.3 Å². The molecule has 0 radical (unpaired) electrons. The van der Waals surface area contributed by atoms with E-state index in [1.165, 1.54) is 16.0 Å². The second-order valence-corrected chi connectivity index (χ2v) is 9.60. The van der Waals surface area contributed by atoms with Crippen LogP contribution in [0.4, 0.5) is 0 Å². The summed E-state index contributed by atoms with van der Waals surface area (Å²) in [7, 11) is 0. The number of hydrogen-bond donors (Lipinski definition) is 2. The first kappa shape index (κ1) is 21.9. The lowest BCUT2D eigenvalue weighted by Crippen LogP contribution is -2.42. The number of thiophene rings is 1. The molecule has 0 bridgehead atoms. The second-order valence-electron chi connectivity index (χ2n) is 7.48. The molecular weight excluding hydrogens is 470 g/mol. The first-order valence-corrected chi connectivity index (χ1v) is 12.2. The van der Waals surface area contributed by atoms with Gasteiger partial charge in [-0.05, 0) is 36.8 Å². The van der Waals surface area contributed by atoms with Crippen LogP contribution >= 0.6 is 22.7 Å². The lowest BCUT2D eigenvalue weighted by atomic mass is 10.1. The van der Waals surface area contributed by atoms with Crippen molar-refractivity contribution >= 4 is 55.5 Å². The minimum atomic E-state index is -0.600. The Morgan fingerprint density at radius 3 is 2.44 bits per heavy atom. The van der Waals surface area contributed by atoms with Crippen LogP contribution in [0.3, 0.4) is 0 Å². The van der Waals surface area contributed by atoms with Crippen molar-refractivity contribution in [3.63, 3.8) is 0 Å². The molecule has 0 saturated carbocycles. The molecule has 3 heterocycles. The van der Waals surface area contributed by atoms with Crippen molar-refractivity contribution in [3.05, 3.63) is 81.6 Å². The Bertz CT molecular complexity index is 1570. The van der Waals surface area contributed by atoms with Gasteiger partial charge in [-0.3, -0.25) is 25.2 Å². The van der Waals surface area contributed by atoms with Gasteiger partial charge in [-0.2, -0.15) is 5.10 Å². The van der Waals surface area contributed by atoms with Crippen molar-refractivity contribution in [2.75, 3.05) is 0 Å². The van der Waals surface area contributed by atoms with E-state index in [4.69, 9.17) is 0 Å². The molecule has 34 heavy (non-hydrogen) atoms. The molecule has 0 aliphatic heterocycles. The molecule has 2 amide bonds. The summed E-state index contributed by atoms with van der Waals surface area (Å²) in [5.74, 6) is -1.05. The highest BCUT2D eigenvalue weighted by Crippen LogP contribution is 2.34. The van der Waals surface area contributed by atoms with Crippen molar-refractivity contribution in [2.45, 2.75) is 19.9 Å². The van der Waals surface area contributed by atoms with Gasteiger partial charge in [-0.15, -0.1) is 22.7 Å². The molecule has 0 unspecified atom stereocenters. The van der Waals surface area contributed by atoms with Crippen molar-refractivity contribution in [1.82, 2.24) is 25.6 Å². The number of fused-ring (bicyclic) bond motifs is 2. The van der Waals surface area contributed by atoms with Gasteiger partial charge < -0.3 is 0 Å². The average Bonchev–Trinajstić information content (AvgIpc) is 3.51. The second kappa shape index (κ2) is 9.16. The smallest absolute Gasteiger partial charge is 0.267 e. The molecule has 0 aliphatic carbocycles. The number of hydrazine groups is 1. The Labute approximate surface area is 201 Å². The van der Waals surface area contributed by atoms with Gasteiger partial charge in [0, 0.05) is 11.9 Å². The molecule has 10 heteroatoms. The van der Waals surface area contributed by atoms with Gasteiger partial charge in [-0.25, -0.2) is 9.67 Å². The van der Waals surface area contributed by atoms with Crippen LogP contribution in [-0.4, -0.2) is 26.6 Å². The molecule has 0 fully saturated rings. The number of nitrogens with one attached hydrogen (secondary N) is 2. The van der Waals surface area contributed by atoms with E-state index in [-0.39, 0.29) is 11.3 Å². The fourth-order valence-corrected chi connectivity index (χ4v) is 5.47. The van der Waals surface area contributed by atoms with E-state index in [0.29, 0.717) is 28.6 Å². The molecule has 0 saturated heterocycles. The molecule has 3 aromatic heterocycles. The molecule has 170 valence electrons. The molecule has 5 aromatic rings. The van der Waals surface area contributed by atoms with Crippen molar-refractivity contribution < 1.29 is 9.59 Å². The fraction of sp³-hybridized carbons (Fsp3) is 0.125. The standard InChI is InChI=1S/C24H19N5O3S2/c1-2-13-29-24(32)15-8-4-3-7-14(15)20(28-29)22(31)27-26-21(30)18-11-12-19(33-18)23-25-16-9-5-6-10-17(16)34-23/h3-12H,2,13H2,1H3,(H,26,30)(H,27,31). The minimum absolute atomic E-state index is 0.0743. The molecule has 2 aromatic carbocycles. The number of carbonyl (C=O) groups excluding carboxylic acids is 2. The molecule has 0 spiro atoms. The van der Waals surface area contributed by atoms with Gasteiger partial charge in [0.25, 0.3) is 17.4 Å². The summed E-state index contributed by atoms with van der Waals surface area (Å²) < 4.78 is 2.36. The first-order chi connectivity index (χ1) is 16.5. The van der Waals surface area contributed by atoms with Crippen LogP contribution in [0.1, 0.15) is 33.5 Å². The lowest BCUT2D eigenvalue weighted by molar-refractivity contribution is 0.0846. The van der Waals surface area contributed by atoms with Gasteiger partial charge in [0.15, 0.2) is 5.69 Å². The average molecular weight is 490 g/mol. The van der Waals surface area contributed by atoms with E-state index in [0.717, 1.165) is 20.1 Å². The third-order valence-electron chi connectivity index (χ3n) is 5.14. The number of nitrogens with zero attached hydrogens (tertiary/aromatic N) is 3. The Morgan fingerprint density at radius 1 is 0.912 bits per heavy atom. The van der Waals surface area contributed by atoms with Crippen LogP contribution in [0.25, 0.3) is 30.9 Å². The van der Waals surface area contributed by atoms with Crippen LogP contribution < -0.4 is 16.4 Å². The minimum Gasteiger partial charge on any atom is -0.267 e. The highest BCUT2D eigenvalue weighted by molar-refractivity contribution is 7.26. The summed E-state index contributed by atoms with van der Waals surface area (Å²) in [6, 6.07) is 18.2. The van der Waals surface area contributed by atoms with Crippen LogP contribution in [0.5, 0.6) is 0 Å². The summed E-state index contributed by atoms with van der Waals surface area (Å²) in [4.78, 5) is 44.1. The largest absolute Gasteiger partial charge is 0.290 e. The Kier molecular flexibility index (Phi) is 5.91. The number of amides is 2. The topological polar surface area (TPSA) is 106 Å². The molecule has 0 aliphatic rings. The van der Waals surface area contributed by atoms with Crippen LogP contribution in [0, 0.1) is 0 Å². The maximum absolute atomic E-state index is 12.9. The van der Waals surface area contributed by atoms with E-state index in [9.17, 15) is 14.4 Å². The molecule has 5 rings (SSSR count). The van der Waals surface area contributed by atoms with E-state index >= 15 is 0 Å². The number of hydrogen-bond acceptors (Lipinski definition) is 7. The first-order valence-electron chi connectivity index (χ1n) is 10.6. The van der Waals surface area contributed by atoms with Gasteiger partial charge in [0.05, 0.1) is 25.4 Å². The highest BCUT2D eigenvalue weighted by Gasteiger charge is 2.18. The van der Waals surface area contributed by atoms with Crippen LogP contribution in [0.2, 0.25) is 0 Å². The SMILES string of the molecule is CCCn1nc(C(=O)NNC(=O)c2ccc(-c3nc4ccccc4s3)s2)c2ccccc2c1=O. The number of thiazole rings is 1. The number of rotatable bonds is 5. The van der Waals surface area contributed by atoms with Gasteiger partial charge in [0.2, 0.25) is 0 Å². The summed E-state index contributed by atoms with van der Waals surface area (Å²) in [6.07, 6.45) is 0.693. The molecular formula is C24H19N5O3S2. The van der Waals surface area contributed by atoms with Crippen molar-refractivity contribution in [2.24, 2.45) is 0 Å². The summed E-state index contributed by atoms with van der Waals surface area (Å²) in [6.45, 7) is 2.31. The third-order valence-corrected chi connectivity index (χ3v) is 7.43. The van der Waals surface area contributed by atoms with E-state index < -0.39 is 11.8 Å². The van der Waals surface area contributed by atoms with E-state index in [1.54, 1.807) is 41.7 Å². The number of aromatic nitrogens is 3. The van der Waals surface area contributed by atoms with Crippen molar-refractivity contribution in [1.29, 1.82) is 0 Å². The fourth-order valence-electron chi connectivity index (χ4n) is 3.55.